The molecule has 0 aliphatic heterocycles. The molecule has 124 valence electrons. The van der Waals surface area contributed by atoms with Gasteiger partial charge in [-0.25, -0.2) is 0 Å². The third kappa shape index (κ3) is 1.32. The maximum atomic E-state index is 11.9. The third-order valence-corrected chi connectivity index (χ3v) is 8.36. The molecule has 2 unspecified atom stereocenters. The Bertz CT molecular complexity index is 823. The van der Waals surface area contributed by atoms with Gasteiger partial charge in [0.05, 0.1) is 5.60 Å². The molecule has 0 aromatic heterocycles. The van der Waals surface area contributed by atoms with Crippen LogP contribution in [-0.2, 0) is 5.60 Å². The number of aliphatic hydroxyl groups is 1. The van der Waals surface area contributed by atoms with Crippen molar-refractivity contribution in [1.82, 2.24) is 0 Å². The smallest absolute Gasteiger partial charge is 0.0967 e. The van der Waals surface area contributed by atoms with Crippen LogP contribution >= 0.6 is 0 Å². The minimum atomic E-state index is -0.693. The van der Waals surface area contributed by atoms with E-state index in [4.69, 9.17) is 0 Å². The van der Waals surface area contributed by atoms with Crippen molar-refractivity contribution < 1.29 is 5.11 Å². The van der Waals surface area contributed by atoms with Crippen molar-refractivity contribution in [2.24, 2.45) is 22.2 Å². The van der Waals surface area contributed by atoms with Crippen molar-refractivity contribution >= 4 is 0 Å². The third-order valence-electron chi connectivity index (χ3n) is 8.36. The molecule has 0 bridgehead atoms. The molecule has 3 aliphatic rings. The lowest BCUT2D eigenvalue weighted by atomic mass is 9.44. The van der Waals surface area contributed by atoms with Gasteiger partial charge < -0.3 is 5.11 Å². The molecule has 3 aliphatic carbocycles. The Kier molecular flexibility index (Phi) is 2.54. The summed E-state index contributed by atoms with van der Waals surface area (Å²) >= 11 is 0. The highest BCUT2D eigenvalue weighted by Gasteiger charge is 2.90. The van der Waals surface area contributed by atoms with Crippen molar-refractivity contribution in [2.75, 3.05) is 0 Å². The molecule has 2 aromatic rings. The zero-order chi connectivity index (χ0) is 16.8. The highest BCUT2D eigenvalue weighted by molar-refractivity contribution is 5.69. The fourth-order valence-corrected chi connectivity index (χ4v) is 7.04. The number of rotatable bonds is 2. The standard InChI is InChI=1S/C23H26O/c1-20(2)19-13-14-21(3)22(19,20)15-23(21,24)18-12-8-7-11-17(18)16-9-5-4-6-10-16/h4-12,19,24H,13-15H2,1-3H3/t19-,21+,22?,23?/m1/s1. The van der Waals surface area contributed by atoms with Crippen LogP contribution in [0.1, 0.15) is 45.6 Å². The van der Waals surface area contributed by atoms with Crippen molar-refractivity contribution in [3.8, 4) is 11.1 Å². The molecule has 24 heavy (non-hydrogen) atoms. The molecular weight excluding hydrogens is 292 g/mol. The van der Waals surface area contributed by atoms with Gasteiger partial charge >= 0.3 is 0 Å². The largest absolute Gasteiger partial charge is 0.385 e. The molecule has 1 heteroatoms. The second-order valence-corrected chi connectivity index (χ2v) is 9.07. The zero-order valence-electron chi connectivity index (χ0n) is 14.8. The zero-order valence-corrected chi connectivity index (χ0v) is 14.8. The average molecular weight is 318 g/mol. The maximum absolute atomic E-state index is 11.9. The Morgan fingerprint density at radius 2 is 1.58 bits per heavy atom. The summed E-state index contributed by atoms with van der Waals surface area (Å²) in [5.74, 6) is 0.805. The normalized spacial score (nSPS) is 41.2. The number of hydrogen-bond acceptors (Lipinski definition) is 1. The molecule has 3 fully saturated rings. The van der Waals surface area contributed by atoms with Gasteiger partial charge in [0, 0.05) is 5.41 Å². The Morgan fingerprint density at radius 3 is 2.29 bits per heavy atom. The maximum Gasteiger partial charge on any atom is 0.0967 e. The lowest BCUT2D eigenvalue weighted by molar-refractivity contribution is -0.232. The molecule has 5 rings (SSSR count). The first-order chi connectivity index (χ1) is 11.4. The van der Waals surface area contributed by atoms with Crippen LogP contribution in [0.15, 0.2) is 54.6 Å². The Morgan fingerprint density at radius 1 is 0.917 bits per heavy atom. The van der Waals surface area contributed by atoms with Gasteiger partial charge in [0.25, 0.3) is 0 Å². The summed E-state index contributed by atoms with van der Waals surface area (Å²) in [6, 6.07) is 19.0. The molecule has 0 amide bonds. The summed E-state index contributed by atoms with van der Waals surface area (Å²) < 4.78 is 0. The van der Waals surface area contributed by atoms with Crippen LogP contribution in [-0.4, -0.2) is 5.11 Å². The number of hydrogen-bond donors (Lipinski definition) is 1. The van der Waals surface area contributed by atoms with Gasteiger partial charge in [0.1, 0.15) is 0 Å². The summed E-state index contributed by atoms with van der Waals surface area (Å²) in [5, 5.41) is 11.9. The van der Waals surface area contributed by atoms with Crippen molar-refractivity contribution in [2.45, 2.75) is 45.6 Å². The molecule has 4 atom stereocenters. The van der Waals surface area contributed by atoms with Gasteiger partial charge in [-0.1, -0.05) is 75.4 Å². The van der Waals surface area contributed by atoms with Gasteiger partial charge in [-0.2, -0.15) is 0 Å². The SMILES string of the molecule is CC1(C)[C@H]2CC[C@]3(C)C(O)(c4ccccc4-c4ccccc4)CC213. The van der Waals surface area contributed by atoms with Gasteiger partial charge in [0.2, 0.25) is 0 Å². The monoisotopic (exact) mass is 318 g/mol. The average Bonchev–Trinajstić information content (AvgIpc) is 2.95. The van der Waals surface area contributed by atoms with Crippen LogP contribution in [0.3, 0.4) is 0 Å². The first-order valence-electron chi connectivity index (χ1n) is 9.26. The molecular formula is C23H26O. The lowest BCUT2D eigenvalue weighted by Gasteiger charge is -2.62. The molecule has 0 radical (unpaired) electrons. The predicted octanol–water partition coefficient (Wildman–Crippen LogP) is 5.39. The quantitative estimate of drug-likeness (QED) is 0.787. The highest BCUT2D eigenvalue weighted by atomic mass is 16.3. The molecule has 2 aromatic carbocycles. The number of benzene rings is 2. The summed E-state index contributed by atoms with van der Waals surface area (Å²) in [6.07, 6.45) is 3.36. The summed E-state index contributed by atoms with van der Waals surface area (Å²) in [4.78, 5) is 0. The summed E-state index contributed by atoms with van der Waals surface area (Å²) in [6.45, 7) is 7.18. The van der Waals surface area contributed by atoms with E-state index >= 15 is 0 Å². The van der Waals surface area contributed by atoms with Crippen molar-refractivity contribution in [3.05, 3.63) is 60.2 Å². The molecule has 1 spiro atoms. The lowest BCUT2D eigenvalue weighted by Crippen LogP contribution is -2.62. The first-order valence-corrected chi connectivity index (χ1v) is 9.26. The molecule has 0 heterocycles. The molecule has 1 N–H and O–H groups in total. The minimum Gasteiger partial charge on any atom is -0.385 e. The molecule has 1 nitrogen and oxygen atoms in total. The fraction of sp³-hybridized carbons (Fsp3) is 0.478. The van der Waals surface area contributed by atoms with Crippen LogP contribution in [0.2, 0.25) is 0 Å². The van der Waals surface area contributed by atoms with E-state index in [1.807, 2.05) is 0 Å². The summed E-state index contributed by atoms with van der Waals surface area (Å²) in [5.41, 5.74) is 3.61. The van der Waals surface area contributed by atoms with Crippen LogP contribution < -0.4 is 0 Å². The Hall–Kier alpha value is -1.60. The Labute approximate surface area is 144 Å². The van der Waals surface area contributed by atoms with Crippen LogP contribution in [0.4, 0.5) is 0 Å². The minimum absolute atomic E-state index is 0.0129. The van der Waals surface area contributed by atoms with E-state index in [9.17, 15) is 5.11 Å². The van der Waals surface area contributed by atoms with Crippen LogP contribution in [0, 0.1) is 22.2 Å². The first kappa shape index (κ1) is 14.7. The van der Waals surface area contributed by atoms with Crippen molar-refractivity contribution in [3.63, 3.8) is 0 Å². The van der Waals surface area contributed by atoms with Crippen LogP contribution in [0.5, 0.6) is 0 Å². The second kappa shape index (κ2) is 4.14. The van der Waals surface area contributed by atoms with Crippen molar-refractivity contribution in [1.29, 1.82) is 0 Å². The second-order valence-electron chi connectivity index (χ2n) is 9.07. The molecule has 0 saturated heterocycles. The van der Waals surface area contributed by atoms with Gasteiger partial charge in [-0.3, -0.25) is 0 Å². The van der Waals surface area contributed by atoms with E-state index in [1.54, 1.807) is 0 Å². The molecule has 3 saturated carbocycles. The predicted molar refractivity (Wildman–Crippen MR) is 97.4 cm³/mol. The van der Waals surface area contributed by atoms with Gasteiger partial charge in [-0.05, 0) is 52.7 Å². The van der Waals surface area contributed by atoms with E-state index in [2.05, 4.69) is 75.4 Å². The van der Waals surface area contributed by atoms with E-state index in [-0.39, 0.29) is 5.41 Å². The van der Waals surface area contributed by atoms with E-state index in [0.29, 0.717) is 10.8 Å². The highest BCUT2D eigenvalue weighted by Crippen LogP contribution is 2.94. The van der Waals surface area contributed by atoms with Crippen LogP contribution in [0.25, 0.3) is 11.1 Å². The fourth-order valence-electron chi connectivity index (χ4n) is 7.04. The van der Waals surface area contributed by atoms with E-state index < -0.39 is 5.60 Å². The van der Waals surface area contributed by atoms with E-state index in [0.717, 1.165) is 24.3 Å². The topological polar surface area (TPSA) is 20.2 Å². The van der Waals surface area contributed by atoms with Gasteiger partial charge in [0.15, 0.2) is 0 Å². The van der Waals surface area contributed by atoms with Gasteiger partial charge in [-0.15, -0.1) is 0 Å². The summed E-state index contributed by atoms with van der Waals surface area (Å²) in [7, 11) is 0. The Balaban J connectivity index is 1.65. The van der Waals surface area contributed by atoms with E-state index in [1.165, 1.54) is 17.5 Å².